The fourth-order valence-electron chi connectivity index (χ4n) is 3.97. The van der Waals surface area contributed by atoms with E-state index in [9.17, 15) is 4.79 Å². The van der Waals surface area contributed by atoms with Crippen molar-refractivity contribution in [1.29, 1.82) is 0 Å². The van der Waals surface area contributed by atoms with Crippen LogP contribution in [0.3, 0.4) is 0 Å². The zero-order valence-electron chi connectivity index (χ0n) is 14.2. The van der Waals surface area contributed by atoms with Crippen molar-refractivity contribution in [2.24, 2.45) is 11.8 Å². The second-order valence-electron chi connectivity index (χ2n) is 7.11. The summed E-state index contributed by atoms with van der Waals surface area (Å²) in [6, 6.07) is 8.27. The molecule has 0 spiro atoms. The van der Waals surface area contributed by atoms with Crippen molar-refractivity contribution in [2.45, 2.75) is 38.0 Å². The zero-order chi connectivity index (χ0) is 16.3. The van der Waals surface area contributed by atoms with Crippen molar-refractivity contribution in [3.63, 3.8) is 0 Å². The van der Waals surface area contributed by atoms with Gasteiger partial charge in [0.25, 0.3) is 0 Å². The fraction of sp³-hybridized carbons (Fsp3) is 0.632. The summed E-state index contributed by atoms with van der Waals surface area (Å²) >= 11 is 0. The maximum atomic E-state index is 12.5. The molecule has 23 heavy (non-hydrogen) atoms. The van der Waals surface area contributed by atoms with Crippen LogP contribution in [-0.4, -0.2) is 32.7 Å². The Morgan fingerprint density at radius 1 is 1.35 bits per heavy atom. The number of benzene rings is 1. The minimum absolute atomic E-state index is 0.0276. The maximum Gasteiger partial charge on any atom is 0.223 e. The first-order chi connectivity index (χ1) is 11.2. The predicted molar refractivity (Wildman–Crippen MR) is 91.7 cm³/mol. The molecule has 1 amide bonds. The predicted octanol–water partition coefficient (Wildman–Crippen LogP) is 2.48. The highest BCUT2D eigenvalue weighted by atomic mass is 16.5. The van der Waals surface area contributed by atoms with Gasteiger partial charge in [-0.15, -0.1) is 0 Å². The van der Waals surface area contributed by atoms with Crippen LogP contribution in [0.15, 0.2) is 24.3 Å². The summed E-state index contributed by atoms with van der Waals surface area (Å²) in [7, 11) is 1.73. The van der Waals surface area contributed by atoms with Crippen LogP contribution in [0.25, 0.3) is 0 Å². The molecule has 2 fully saturated rings. The molecule has 4 heteroatoms. The Balaban J connectivity index is 1.72. The zero-order valence-corrected chi connectivity index (χ0v) is 14.2. The van der Waals surface area contributed by atoms with Crippen LogP contribution in [0.2, 0.25) is 0 Å². The Morgan fingerprint density at radius 2 is 2.04 bits per heavy atom. The van der Waals surface area contributed by atoms with E-state index < -0.39 is 0 Å². The largest absolute Gasteiger partial charge is 0.496 e. The Bertz CT molecular complexity index is 548. The Labute approximate surface area is 139 Å². The number of para-hydroxylation sites is 1. The lowest BCUT2D eigenvalue weighted by molar-refractivity contribution is -0.127. The normalized spacial score (nSPS) is 21.5. The van der Waals surface area contributed by atoms with Gasteiger partial charge in [0.15, 0.2) is 0 Å². The number of methoxy groups -OCH3 is 1. The summed E-state index contributed by atoms with van der Waals surface area (Å²) in [5.74, 6) is 1.71. The van der Waals surface area contributed by atoms with Gasteiger partial charge in [-0.2, -0.15) is 0 Å². The summed E-state index contributed by atoms with van der Waals surface area (Å²) in [5.41, 5.74) is 1.28. The van der Waals surface area contributed by atoms with Crippen LogP contribution in [-0.2, 0) is 10.2 Å². The van der Waals surface area contributed by atoms with Gasteiger partial charge in [0.05, 0.1) is 7.11 Å². The van der Waals surface area contributed by atoms with Gasteiger partial charge in [-0.05, 0) is 37.9 Å². The van der Waals surface area contributed by atoms with Crippen LogP contribution < -0.4 is 15.4 Å². The summed E-state index contributed by atoms with van der Waals surface area (Å²) in [4.78, 5) is 12.5. The van der Waals surface area contributed by atoms with Gasteiger partial charge in [-0.3, -0.25) is 4.79 Å². The maximum absolute atomic E-state index is 12.5. The fourth-order valence-corrected chi connectivity index (χ4v) is 3.97. The van der Waals surface area contributed by atoms with Crippen molar-refractivity contribution >= 4 is 5.91 Å². The number of hydrogen-bond acceptors (Lipinski definition) is 3. The Hall–Kier alpha value is -1.55. The van der Waals surface area contributed by atoms with E-state index in [-0.39, 0.29) is 17.2 Å². The molecule has 1 aromatic rings. The second kappa shape index (κ2) is 6.91. The molecule has 1 saturated carbocycles. The highest BCUT2D eigenvalue weighted by Gasteiger charge is 2.39. The minimum Gasteiger partial charge on any atom is -0.496 e. The molecule has 4 nitrogen and oxygen atoms in total. The Kier molecular flexibility index (Phi) is 4.90. The number of rotatable bonds is 6. The van der Waals surface area contributed by atoms with Crippen molar-refractivity contribution in [2.75, 3.05) is 26.7 Å². The third-order valence-electron chi connectivity index (χ3n) is 5.77. The van der Waals surface area contributed by atoms with E-state index in [4.69, 9.17) is 4.74 Å². The average Bonchev–Trinajstić information content (AvgIpc) is 3.01. The minimum atomic E-state index is 0.0276. The van der Waals surface area contributed by atoms with E-state index >= 15 is 0 Å². The van der Waals surface area contributed by atoms with Crippen molar-refractivity contribution in [3.8, 4) is 5.75 Å². The molecule has 126 valence electrons. The molecule has 3 rings (SSSR count). The number of carbonyl (C=O) groups excluding carboxylic acids is 1. The van der Waals surface area contributed by atoms with Gasteiger partial charge in [-0.1, -0.05) is 38.0 Å². The van der Waals surface area contributed by atoms with Gasteiger partial charge < -0.3 is 15.4 Å². The van der Waals surface area contributed by atoms with Crippen molar-refractivity contribution in [3.05, 3.63) is 29.8 Å². The van der Waals surface area contributed by atoms with Crippen LogP contribution >= 0.6 is 0 Å². The summed E-state index contributed by atoms with van der Waals surface area (Å²) in [6.45, 7) is 4.69. The number of hydrogen-bond donors (Lipinski definition) is 2. The highest BCUT2D eigenvalue weighted by Crippen LogP contribution is 2.44. The summed E-state index contributed by atoms with van der Waals surface area (Å²) in [6.07, 6.45) is 4.67. The van der Waals surface area contributed by atoms with Crippen molar-refractivity contribution in [1.82, 2.24) is 10.6 Å². The molecule has 0 aromatic heterocycles. The van der Waals surface area contributed by atoms with E-state index in [1.54, 1.807) is 7.11 Å². The van der Waals surface area contributed by atoms with Crippen molar-refractivity contribution < 1.29 is 9.53 Å². The van der Waals surface area contributed by atoms with Gasteiger partial charge in [0.1, 0.15) is 5.75 Å². The molecular formula is C19H28N2O2. The van der Waals surface area contributed by atoms with E-state index in [0.717, 1.165) is 38.2 Å². The third kappa shape index (κ3) is 3.23. The average molecular weight is 316 g/mol. The van der Waals surface area contributed by atoms with E-state index in [2.05, 4.69) is 22.8 Å². The number of nitrogens with one attached hydrogen (secondary N) is 2. The van der Waals surface area contributed by atoms with Gasteiger partial charge in [0.2, 0.25) is 5.91 Å². The molecule has 1 atom stereocenters. The lowest BCUT2D eigenvalue weighted by Gasteiger charge is -2.34. The van der Waals surface area contributed by atoms with Crippen LogP contribution in [0.4, 0.5) is 0 Å². The first-order valence-corrected chi connectivity index (χ1v) is 8.78. The van der Waals surface area contributed by atoms with E-state index in [0.29, 0.717) is 5.92 Å². The second-order valence-corrected chi connectivity index (χ2v) is 7.11. The molecule has 1 aliphatic carbocycles. The molecule has 1 unspecified atom stereocenters. The standard InChI is InChI=1S/C19H28N2O2/c1-14(15-11-20-12-15)18(22)21-13-19(9-5-6-10-19)16-7-3-4-8-17(16)23-2/h3-4,7-8,14-15,20H,5-6,9-13H2,1-2H3,(H,21,22). The highest BCUT2D eigenvalue weighted by molar-refractivity contribution is 5.79. The lowest BCUT2D eigenvalue weighted by atomic mass is 9.78. The smallest absolute Gasteiger partial charge is 0.223 e. The molecular weight excluding hydrogens is 288 g/mol. The molecule has 2 aliphatic rings. The summed E-state index contributed by atoms with van der Waals surface area (Å²) < 4.78 is 5.58. The number of ether oxygens (including phenoxy) is 1. The third-order valence-corrected chi connectivity index (χ3v) is 5.77. The van der Waals surface area contributed by atoms with Crippen LogP contribution in [0.5, 0.6) is 5.75 Å². The topological polar surface area (TPSA) is 50.4 Å². The number of carbonyl (C=O) groups is 1. The summed E-state index contributed by atoms with van der Waals surface area (Å²) in [5, 5.41) is 6.49. The molecule has 0 radical (unpaired) electrons. The molecule has 1 heterocycles. The van der Waals surface area contributed by atoms with E-state index in [1.165, 1.54) is 18.4 Å². The first kappa shape index (κ1) is 16.3. The first-order valence-electron chi connectivity index (χ1n) is 8.78. The van der Waals surface area contributed by atoms with E-state index in [1.807, 2.05) is 19.1 Å². The molecule has 0 bridgehead atoms. The lowest BCUT2D eigenvalue weighted by Crippen LogP contribution is -2.51. The van der Waals surface area contributed by atoms with Gasteiger partial charge in [0, 0.05) is 23.4 Å². The Morgan fingerprint density at radius 3 is 2.65 bits per heavy atom. The molecule has 1 aromatic carbocycles. The van der Waals surface area contributed by atoms with Gasteiger partial charge >= 0.3 is 0 Å². The SMILES string of the molecule is COc1ccccc1C1(CNC(=O)C(C)C2CNC2)CCCC1. The molecule has 1 saturated heterocycles. The quantitative estimate of drug-likeness (QED) is 0.848. The molecule has 1 aliphatic heterocycles. The molecule has 2 N–H and O–H groups in total. The van der Waals surface area contributed by atoms with Crippen LogP contribution in [0.1, 0.15) is 38.2 Å². The number of amides is 1. The van der Waals surface area contributed by atoms with Gasteiger partial charge in [-0.25, -0.2) is 0 Å². The van der Waals surface area contributed by atoms with Crippen LogP contribution in [0, 0.1) is 11.8 Å². The monoisotopic (exact) mass is 316 g/mol.